The third-order valence-corrected chi connectivity index (χ3v) is 2.56. The summed E-state index contributed by atoms with van der Waals surface area (Å²) in [6.45, 7) is 0. The number of rotatable bonds is 1. The number of nitriles is 1. The fourth-order valence-corrected chi connectivity index (χ4v) is 1.68. The highest BCUT2D eigenvalue weighted by Crippen LogP contribution is 2.36. The summed E-state index contributed by atoms with van der Waals surface area (Å²) in [6.07, 6.45) is -3.22. The summed E-state index contributed by atoms with van der Waals surface area (Å²) in [6, 6.07) is 8.11. The van der Waals surface area contributed by atoms with Crippen LogP contribution in [0.3, 0.4) is 0 Å². The molecule has 0 aliphatic rings. The minimum Gasteiger partial charge on any atom is -0.398 e. The molecule has 2 N–H and O–H groups in total. The molecule has 0 unspecified atom stereocenters. The van der Waals surface area contributed by atoms with Gasteiger partial charge in [0.05, 0.1) is 22.5 Å². The molecule has 0 saturated carbocycles. The Morgan fingerprint density at radius 3 is 2.53 bits per heavy atom. The number of benzene rings is 1. The molecule has 3 nitrogen and oxygen atoms in total. The van der Waals surface area contributed by atoms with Crippen LogP contribution in [-0.2, 0) is 6.18 Å². The van der Waals surface area contributed by atoms with E-state index in [4.69, 9.17) is 11.0 Å². The summed E-state index contributed by atoms with van der Waals surface area (Å²) in [5.41, 5.74) is 5.13. The number of nitrogens with two attached hydrogens (primary N) is 1. The lowest BCUT2D eigenvalue weighted by Gasteiger charge is -2.12. The molecule has 1 aromatic heterocycles. The average Bonchev–Trinajstić information content (AvgIpc) is 2.37. The van der Waals surface area contributed by atoms with Crippen molar-refractivity contribution in [1.82, 2.24) is 4.98 Å². The maximum Gasteiger partial charge on any atom is 0.418 e. The fraction of sp³-hybridized carbons (Fsp3) is 0.0769. The molecule has 1 aromatic carbocycles. The van der Waals surface area contributed by atoms with Crippen LogP contribution in [0, 0.1) is 11.3 Å². The molecule has 0 bridgehead atoms. The van der Waals surface area contributed by atoms with Gasteiger partial charge in [0, 0.05) is 11.8 Å². The maximum absolute atomic E-state index is 12.9. The van der Waals surface area contributed by atoms with Crippen LogP contribution in [0.2, 0.25) is 0 Å². The van der Waals surface area contributed by atoms with E-state index in [9.17, 15) is 13.2 Å². The lowest BCUT2D eigenvalue weighted by molar-refractivity contribution is -0.137. The minimum absolute atomic E-state index is 0.124. The molecule has 0 aliphatic carbocycles. The molecule has 6 heteroatoms. The van der Waals surface area contributed by atoms with E-state index in [-0.39, 0.29) is 22.5 Å². The van der Waals surface area contributed by atoms with Crippen molar-refractivity contribution >= 4 is 5.69 Å². The molecule has 0 radical (unpaired) electrons. The number of hydrogen-bond donors (Lipinski definition) is 1. The van der Waals surface area contributed by atoms with Gasteiger partial charge >= 0.3 is 6.18 Å². The Bertz CT molecular complexity index is 657. The normalized spacial score (nSPS) is 11.1. The van der Waals surface area contributed by atoms with Crippen molar-refractivity contribution in [3.05, 3.63) is 47.7 Å². The predicted molar refractivity (Wildman–Crippen MR) is 63.8 cm³/mol. The van der Waals surface area contributed by atoms with Crippen molar-refractivity contribution in [2.75, 3.05) is 5.73 Å². The monoisotopic (exact) mass is 263 g/mol. The molecule has 0 aliphatic heterocycles. The lowest BCUT2D eigenvalue weighted by atomic mass is 10.0. The molecular formula is C13H8F3N3. The number of aromatic nitrogens is 1. The van der Waals surface area contributed by atoms with E-state index in [0.29, 0.717) is 0 Å². The predicted octanol–water partition coefficient (Wildman–Crippen LogP) is 3.22. The minimum atomic E-state index is -4.49. The van der Waals surface area contributed by atoms with Gasteiger partial charge in [-0.15, -0.1) is 0 Å². The topological polar surface area (TPSA) is 62.7 Å². The summed E-state index contributed by atoms with van der Waals surface area (Å²) in [5.74, 6) is 0. The summed E-state index contributed by atoms with van der Waals surface area (Å²) in [4.78, 5) is 3.75. The summed E-state index contributed by atoms with van der Waals surface area (Å²) >= 11 is 0. The number of nitrogen functional groups attached to an aromatic ring is 1. The number of halogens is 3. The summed E-state index contributed by atoms with van der Waals surface area (Å²) in [7, 11) is 0. The molecule has 0 amide bonds. The van der Waals surface area contributed by atoms with Crippen LogP contribution in [0.4, 0.5) is 18.9 Å². The van der Waals surface area contributed by atoms with E-state index in [1.807, 2.05) is 6.07 Å². The largest absolute Gasteiger partial charge is 0.418 e. The first-order valence-electron chi connectivity index (χ1n) is 5.25. The molecule has 96 valence electrons. The maximum atomic E-state index is 12.9. The van der Waals surface area contributed by atoms with Gasteiger partial charge < -0.3 is 5.73 Å². The van der Waals surface area contributed by atoms with Crippen molar-refractivity contribution in [2.45, 2.75) is 6.18 Å². The van der Waals surface area contributed by atoms with E-state index < -0.39 is 11.7 Å². The van der Waals surface area contributed by atoms with E-state index in [1.54, 1.807) is 0 Å². The summed E-state index contributed by atoms with van der Waals surface area (Å²) in [5, 5.41) is 8.74. The molecule has 1 heterocycles. The third-order valence-electron chi connectivity index (χ3n) is 2.56. The number of hydrogen-bond acceptors (Lipinski definition) is 3. The average molecular weight is 263 g/mol. The molecule has 0 fully saturated rings. The van der Waals surface area contributed by atoms with Gasteiger partial charge in [-0.3, -0.25) is 4.98 Å². The van der Waals surface area contributed by atoms with Gasteiger partial charge in [0.15, 0.2) is 0 Å². The second-order valence-corrected chi connectivity index (χ2v) is 3.81. The van der Waals surface area contributed by atoms with Crippen LogP contribution in [-0.4, -0.2) is 4.98 Å². The Morgan fingerprint density at radius 2 is 1.95 bits per heavy atom. The number of nitrogens with zero attached hydrogens (tertiary/aromatic N) is 2. The first kappa shape index (κ1) is 12.9. The first-order valence-corrected chi connectivity index (χ1v) is 5.25. The Hall–Kier alpha value is -2.55. The fourth-order valence-electron chi connectivity index (χ4n) is 1.68. The van der Waals surface area contributed by atoms with Crippen LogP contribution in [0.1, 0.15) is 11.1 Å². The quantitative estimate of drug-likeness (QED) is 0.803. The second-order valence-electron chi connectivity index (χ2n) is 3.81. The van der Waals surface area contributed by atoms with Gasteiger partial charge in [0.1, 0.15) is 6.07 Å². The summed E-state index contributed by atoms with van der Waals surface area (Å²) < 4.78 is 38.6. The van der Waals surface area contributed by atoms with Gasteiger partial charge in [-0.1, -0.05) is 6.07 Å². The van der Waals surface area contributed by atoms with Crippen molar-refractivity contribution in [2.24, 2.45) is 0 Å². The second kappa shape index (κ2) is 4.61. The molecular weight excluding hydrogens is 255 g/mol. The molecule has 19 heavy (non-hydrogen) atoms. The number of pyridine rings is 1. The smallest absolute Gasteiger partial charge is 0.398 e. The zero-order valence-electron chi connectivity index (χ0n) is 9.57. The van der Waals surface area contributed by atoms with Gasteiger partial charge in [0.2, 0.25) is 0 Å². The molecule has 0 atom stereocenters. The highest BCUT2D eigenvalue weighted by molar-refractivity contribution is 5.70. The van der Waals surface area contributed by atoms with Gasteiger partial charge in [0.25, 0.3) is 0 Å². The number of anilines is 1. The SMILES string of the molecule is N#Cc1ccc(-c2ncccc2C(F)(F)F)cc1N. The van der Waals surface area contributed by atoms with Gasteiger partial charge in [-0.2, -0.15) is 18.4 Å². The lowest BCUT2D eigenvalue weighted by Crippen LogP contribution is -2.08. The number of alkyl halides is 3. The Morgan fingerprint density at radius 1 is 1.21 bits per heavy atom. The van der Waals surface area contributed by atoms with E-state index in [0.717, 1.165) is 6.07 Å². The molecule has 0 spiro atoms. The van der Waals surface area contributed by atoms with E-state index in [2.05, 4.69) is 4.98 Å². The molecule has 0 saturated heterocycles. The van der Waals surface area contributed by atoms with Crippen molar-refractivity contribution in [3.63, 3.8) is 0 Å². The molecule has 2 rings (SSSR count). The highest BCUT2D eigenvalue weighted by atomic mass is 19.4. The molecule has 2 aromatic rings. The third kappa shape index (κ3) is 2.50. The standard InChI is InChI=1S/C13H8F3N3/c14-13(15,16)10-2-1-5-19-12(10)8-3-4-9(7-17)11(18)6-8/h1-6H,18H2. The Labute approximate surface area is 107 Å². The van der Waals surface area contributed by atoms with Crippen LogP contribution in [0.5, 0.6) is 0 Å². The van der Waals surface area contributed by atoms with Crippen LogP contribution >= 0.6 is 0 Å². The Balaban J connectivity index is 2.61. The van der Waals surface area contributed by atoms with Crippen molar-refractivity contribution in [3.8, 4) is 17.3 Å². The van der Waals surface area contributed by atoms with E-state index >= 15 is 0 Å². The highest BCUT2D eigenvalue weighted by Gasteiger charge is 2.34. The van der Waals surface area contributed by atoms with Crippen LogP contribution in [0.15, 0.2) is 36.5 Å². The van der Waals surface area contributed by atoms with Crippen molar-refractivity contribution < 1.29 is 13.2 Å². The zero-order chi connectivity index (χ0) is 14.0. The van der Waals surface area contributed by atoms with E-state index in [1.165, 1.54) is 30.5 Å². The van der Waals surface area contributed by atoms with Crippen LogP contribution in [0.25, 0.3) is 11.3 Å². The van der Waals surface area contributed by atoms with Crippen molar-refractivity contribution in [1.29, 1.82) is 5.26 Å². The first-order chi connectivity index (χ1) is 8.93. The Kier molecular flexibility index (Phi) is 3.13. The van der Waals surface area contributed by atoms with Crippen LogP contribution < -0.4 is 5.73 Å². The van der Waals surface area contributed by atoms with Gasteiger partial charge in [-0.05, 0) is 24.3 Å². The zero-order valence-corrected chi connectivity index (χ0v) is 9.57. The van der Waals surface area contributed by atoms with Gasteiger partial charge in [-0.25, -0.2) is 0 Å².